The van der Waals surface area contributed by atoms with Crippen LogP contribution < -0.4 is 0 Å². The van der Waals surface area contributed by atoms with Gasteiger partial charge in [0.15, 0.2) is 6.10 Å². The maximum absolute atomic E-state index is 12.8. The molecular formula is C62H100O6. The lowest BCUT2D eigenvalue weighted by molar-refractivity contribution is -0.166. The summed E-state index contributed by atoms with van der Waals surface area (Å²) in [5, 5.41) is 0. The topological polar surface area (TPSA) is 78.9 Å². The Bertz CT molecular complexity index is 1450. The second kappa shape index (κ2) is 55.4. The first-order valence-electron chi connectivity index (χ1n) is 27.5. The van der Waals surface area contributed by atoms with Crippen LogP contribution >= 0.6 is 0 Å². The van der Waals surface area contributed by atoms with Crippen LogP contribution in [0.15, 0.2) is 122 Å². The zero-order valence-corrected chi connectivity index (χ0v) is 43.8. The molecule has 0 aromatic heterocycles. The summed E-state index contributed by atoms with van der Waals surface area (Å²) < 4.78 is 16.7. The molecule has 68 heavy (non-hydrogen) atoms. The largest absolute Gasteiger partial charge is 0.462 e. The highest BCUT2D eigenvalue weighted by Gasteiger charge is 2.19. The molecule has 0 bridgehead atoms. The molecule has 0 rings (SSSR count). The molecule has 0 spiro atoms. The molecule has 0 aliphatic carbocycles. The molecule has 6 heteroatoms. The van der Waals surface area contributed by atoms with Crippen molar-refractivity contribution < 1.29 is 28.6 Å². The molecule has 384 valence electrons. The first-order chi connectivity index (χ1) is 33.5. The molecule has 0 heterocycles. The molecule has 6 nitrogen and oxygen atoms in total. The fourth-order valence-electron chi connectivity index (χ4n) is 7.16. The Kier molecular flexibility index (Phi) is 52.0. The molecule has 0 aromatic carbocycles. The molecule has 0 aliphatic rings. The van der Waals surface area contributed by atoms with Crippen molar-refractivity contribution in [3.8, 4) is 0 Å². The van der Waals surface area contributed by atoms with Gasteiger partial charge in [0, 0.05) is 19.3 Å². The summed E-state index contributed by atoms with van der Waals surface area (Å²) in [4.78, 5) is 38.0. The van der Waals surface area contributed by atoms with E-state index in [1.54, 1.807) is 0 Å². The fraction of sp³-hybridized carbons (Fsp3) is 0.629. The first kappa shape index (κ1) is 63.8. The minimum Gasteiger partial charge on any atom is -0.462 e. The second-order valence-corrected chi connectivity index (χ2v) is 17.7. The summed E-state index contributed by atoms with van der Waals surface area (Å²) in [6.45, 7) is 6.32. The number of unbranched alkanes of at least 4 members (excludes halogenated alkanes) is 17. The predicted octanol–water partition coefficient (Wildman–Crippen LogP) is 18.5. The third kappa shape index (κ3) is 52.8. The molecule has 0 aromatic rings. The van der Waals surface area contributed by atoms with Gasteiger partial charge in [-0.05, 0) is 96.3 Å². The van der Waals surface area contributed by atoms with Gasteiger partial charge < -0.3 is 14.2 Å². The van der Waals surface area contributed by atoms with Crippen LogP contribution in [0.5, 0.6) is 0 Å². The zero-order valence-electron chi connectivity index (χ0n) is 43.8. The lowest BCUT2D eigenvalue weighted by atomic mass is 10.0. The van der Waals surface area contributed by atoms with Crippen LogP contribution in [0.4, 0.5) is 0 Å². The number of carbonyl (C=O) groups is 3. The second-order valence-electron chi connectivity index (χ2n) is 17.7. The minimum absolute atomic E-state index is 0.112. The van der Waals surface area contributed by atoms with Gasteiger partial charge in [-0.2, -0.15) is 0 Å². The third-order valence-corrected chi connectivity index (χ3v) is 11.2. The van der Waals surface area contributed by atoms with E-state index in [-0.39, 0.29) is 31.6 Å². The number of allylic oxidation sites excluding steroid dienone is 20. The lowest BCUT2D eigenvalue weighted by Gasteiger charge is -2.18. The van der Waals surface area contributed by atoms with Gasteiger partial charge in [0.05, 0.1) is 0 Å². The van der Waals surface area contributed by atoms with E-state index in [1.165, 1.54) is 70.6 Å². The van der Waals surface area contributed by atoms with E-state index in [4.69, 9.17) is 14.2 Å². The van der Waals surface area contributed by atoms with Crippen molar-refractivity contribution in [1.82, 2.24) is 0 Å². The minimum atomic E-state index is -0.823. The molecule has 0 fully saturated rings. The summed E-state index contributed by atoms with van der Waals surface area (Å²) in [6, 6.07) is 0. The van der Waals surface area contributed by atoms with E-state index in [2.05, 4.69) is 130 Å². The number of rotatable bonds is 48. The van der Waals surface area contributed by atoms with Gasteiger partial charge in [0.2, 0.25) is 0 Å². The van der Waals surface area contributed by atoms with Crippen molar-refractivity contribution in [2.45, 2.75) is 239 Å². The van der Waals surface area contributed by atoms with Gasteiger partial charge in [0.25, 0.3) is 0 Å². The van der Waals surface area contributed by atoms with Crippen LogP contribution in [0.1, 0.15) is 233 Å². The highest BCUT2D eigenvalue weighted by atomic mass is 16.6. The maximum atomic E-state index is 12.8. The summed E-state index contributed by atoms with van der Waals surface area (Å²) in [5.74, 6) is -1.01. The van der Waals surface area contributed by atoms with E-state index in [9.17, 15) is 14.4 Å². The normalized spacial score (nSPS) is 13.0. The van der Waals surface area contributed by atoms with E-state index >= 15 is 0 Å². The van der Waals surface area contributed by atoms with Gasteiger partial charge in [-0.1, -0.05) is 239 Å². The molecule has 0 radical (unpaired) electrons. The van der Waals surface area contributed by atoms with Crippen molar-refractivity contribution in [2.75, 3.05) is 13.2 Å². The highest BCUT2D eigenvalue weighted by Crippen LogP contribution is 2.14. The average Bonchev–Trinajstić information content (AvgIpc) is 3.34. The summed E-state index contributed by atoms with van der Waals surface area (Å²) in [6.07, 6.45) is 76.3. The Morgan fingerprint density at radius 2 is 0.603 bits per heavy atom. The van der Waals surface area contributed by atoms with Crippen LogP contribution in [-0.2, 0) is 28.6 Å². The maximum Gasteiger partial charge on any atom is 0.306 e. The molecule has 1 unspecified atom stereocenters. The monoisotopic (exact) mass is 941 g/mol. The van der Waals surface area contributed by atoms with Gasteiger partial charge in [-0.3, -0.25) is 14.4 Å². The first-order valence-corrected chi connectivity index (χ1v) is 27.5. The number of esters is 3. The predicted molar refractivity (Wildman–Crippen MR) is 293 cm³/mol. The van der Waals surface area contributed by atoms with Crippen molar-refractivity contribution in [2.24, 2.45) is 0 Å². The number of ether oxygens (including phenoxy) is 3. The molecule has 0 aliphatic heterocycles. The molecule has 1 atom stereocenters. The molecule has 0 saturated heterocycles. The van der Waals surface area contributed by atoms with Crippen LogP contribution in [0.2, 0.25) is 0 Å². The van der Waals surface area contributed by atoms with Crippen LogP contribution in [0, 0.1) is 0 Å². The van der Waals surface area contributed by atoms with Crippen molar-refractivity contribution >= 4 is 17.9 Å². The van der Waals surface area contributed by atoms with E-state index in [1.807, 2.05) is 12.2 Å². The molecule has 0 amide bonds. The van der Waals surface area contributed by atoms with Crippen LogP contribution in [0.3, 0.4) is 0 Å². The fourth-order valence-corrected chi connectivity index (χ4v) is 7.16. The van der Waals surface area contributed by atoms with Crippen LogP contribution in [-0.4, -0.2) is 37.2 Å². The van der Waals surface area contributed by atoms with Gasteiger partial charge in [-0.25, -0.2) is 0 Å². The summed E-state index contributed by atoms with van der Waals surface area (Å²) >= 11 is 0. The Hall–Kier alpha value is -4.19. The standard InChI is InChI=1S/C62H100O6/c1-4-7-10-13-16-19-22-25-26-27-28-29-30-31-32-33-34-35-36-38-40-43-46-49-52-55-61(64)67-58-59(57-66-60(63)54-51-48-45-42-39-24-21-18-15-12-9-6-3)68-62(65)56-53-50-47-44-41-37-23-20-17-14-11-8-5-2/h7-8,10-11,16-17,19-20,25-26,28-29,31-32,34-35,37,41,47,50,59H,4-6,9,12-15,18,21-24,27,30,33,36,38-40,42-46,48-49,51-58H2,1-3H3/b10-7-,11-8-,19-16-,20-17-,26-25-,29-28-,32-31-,35-34-,41-37-,50-47-. The SMILES string of the molecule is CC/C=C\C/C=C\C/C=C\C/C=C\C/C=C\C/C=C\CCCCCCCCC(=O)OCC(COC(=O)CCCCCCCCCCCCCC)OC(=O)CC/C=C\C/C=C\C/C=C\C/C=C\CC. The Morgan fingerprint density at radius 1 is 0.309 bits per heavy atom. The Labute approximate surface area is 418 Å². The number of hydrogen-bond acceptors (Lipinski definition) is 6. The van der Waals surface area contributed by atoms with Crippen molar-refractivity contribution in [1.29, 1.82) is 0 Å². The van der Waals surface area contributed by atoms with E-state index in [0.717, 1.165) is 116 Å². The zero-order chi connectivity index (χ0) is 49.3. The molecule has 0 N–H and O–H groups in total. The highest BCUT2D eigenvalue weighted by molar-refractivity contribution is 5.71. The van der Waals surface area contributed by atoms with Gasteiger partial charge >= 0.3 is 17.9 Å². The quantitative estimate of drug-likeness (QED) is 0.0262. The van der Waals surface area contributed by atoms with Crippen LogP contribution in [0.25, 0.3) is 0 Å². The number of carbonyl (C=O) groups excluding carboxylic acids is 3. The molecular weight excluding hydrogens is 841 g/mol. The average molecular weight is 941 g/mol. The Morgan fingerprint density at radius 3 is 0.956 bits per heavy atom. The van der Waals surface area contributed by atoms with Crippen molar-refractivity contribution in [3.63, 3.8) is 0 Å². The lowest BCUT2D eigenvalue weighted by Crippen LogP contribution is -2.30. The van der Waals surface area contributed by atoms with E-state index < -0.39 is 12.1 Å². The van der Waals surface area contributed by atoms with Gasteiger partial charge in [0.1, 0.15) is 13.2 Å². The van der Waals surface area contributed by atoms with E-state index in [0.29, 0.717) is 19.3 Å². The summed E-state index contributed by atoms with van der Waals surface area (Å²) in [7, 11) is 0. The van der Waals surface area contributed by atoms with Gasteiger partial charge in [-0.15, -0.1) is 0 Å². The Balaban J connectivity index is 4.40. The molecule has 0 saturated carbocycles. The van der Waals surface area contributed by atoms with Crippen molar-refractivity contribution in [3.05, 3.63) is 122 Å². The number of hydrogen-bond donors (Lipinski definition) is 0. The summed E-state index contributed by atoms with van der Waals surface area (Å²) in [5.41, 5.74) is 0. The third-order valence-electron chi connectivity index (χ3n) is 11.2. The smallest absolute Gasteiger partial charge is 0.306 e.